The lowest BCUT2D eigenvalue weighted by molar-refractivity contribution is 0.594. The van der Waals surface area contributed by atoms with Crippen LogP contribution in [-0.4, -0.2) is 19.6 Å². The highest BCUT2D eigenvalue weighted by Crippen LogP contribution is 2.07. The normalized spacial score (nSPS) is 12.2. The van der Waals surface area contributed by atoms with Crippen LogP contribution in [0.2, 0.25) is 0 Å². The summed E-state index contributed by atoms with van der Waals surface area (Å²) in [5.41, 5.74) is 0.976. The van der Waals surface area contributed by atoms with E-state index in [2.05, 4.69) is 9.38 Å². The van der Waals surface area contributed by atoms with Crippen LogP contribution < -0.4 is 0 Å². The van der Waals surface area contributed by atoms with Crippen LogP contribution in [0.15, 0.2) is 70.2 Å². The highest BCUT2D eigenvalue weighted by atomic mass is 32.2. The number of sulfonamides is 1. The maximum Gasteiger partial charge on any atom is 0.299 e. The molecule has 1 heterocycles. The van der Waals surface area contributed by atoms with E-state index >= 15 is 0 Å². The SMILES string of the molecule is O=S(=O)(/N=C/C=C/c1ccccc1)c1ccccn1. The number of hydrogen-bond donors (Lipinski definition) is 0. The molecule has 0 atom stereocenters. The Morgan fingerprint density at radius 2 is 1.74 bits per heavy atom. The van der Waals surface area contributed by atoms with Gasteiger partial charge in [-0.25, -0.2) is 4.98 Å². The first-order chi connectivity index (χ1) is 9.18. The fourth-order valence-electron chi connectivity index (χ4n) is 1.39. The molecule has 1 aromatic carbocycles. The molecule has 0 aliphatic carbocycles. The second-order valence-corrected chi connectivity index (χ2v) is 5.25. The van der Waals surface area contributed by atoms with Gasteiger partial charge >= 0.3 is 0 Å². The smallest absolute Gasteiger partial charge is 0.243 e. The van der Waals surface area contributed by atoms with Gasteiger partial charge in [-0.2, -0.15) is 12.8 Å². The molecule has 5 heteroatoms. The van der Waals surface area contributed by atoms with Crippen molar-refractivity contribution >= 4 is 22.3 Å². The second-order valence-electron chi connectivity index (χ2n) is 3.67. The molecular weight excluding hydrogens is 260 g/mol. The van der Waals surface area contributed by atoms with Crippen molar-refractivity contribution in [1.29, 1.82) is 0 Å². The third-order valence-electron chi connectivity index (χ3n) is 2.28. The third kappa shape index (κ3) is 3.86. The van der Waals surface area contributed by atoms with Crippen molar-refractivity contribution in [2.45, 2.75) is 5.03 Å². The first-order valence-corrected chi connectivity index (χ1v) is 7.05. The number of benzene rings is 1. The van der Waals surface area contributed by atoms with Crippen LogP contribution in [-0.2, 0) is 10.0 Å². The summed E-state index contributed by atoms with van der Waals surface area (Å²) in [6, 6.07) is 14.2. The molecule has 0 radical (unpaired) electrons. The number of allylic oxidation sites excluding steroid dienone is 1. The van der Waals surface area contributed by atoms with E-state index in [1.807, 2.05) is 30.3 Å². The van der Waals surface area contributed by atoms with Gasteiger partial charge in [0.05, 0.1) is 0 Å². The van der Waals surface area contributed by atoms with E-state index in [0.717, 1.165) is 5.56 Å². The van der Waals surface area contributed by atoms with Gasteiger partial charge in [0, 0.05) is 12.4 Å². The lowest BCUT2D eigenvalue weighted by Crippen LogP contribution is -1.99. The Hall–Kier alpha value is -2.27. The van der Waals surface area contributed by atoms with Gasteiger partial charge in [-0.3, -0.25) is 0 Å². The number of nitrogens with zero attached hydrogens (tertiary/aromatic N) is 2. The minimum absolute atomic E-state index is 0.0561. The summed E-state index contributed by atoms with van der Waals surface area (Å²) in [6.07, 6.45) is 6.02. The van der Waals surface area contributed by atoms with Gasteiger partial charge in [0.25, 0.3) is 10.0 Å². The van der Waals surface area contributed by atoms with Crippen LogP contribution in [0.4, 0.5) is 0 Å². The minimum atomic E-state index is -3.71. The van der Waals surface area contributed by atoms with Crippen LogP contribution in [0.25, 0.3) is 6.08 Å². The van der Waals surface area contributed by atoms with Crippen LogP contribution in [0, 0.1) is 0 Å². The van der Waals surface area contributed by atoms with Crippen molar-refractivity contribution in [1.82, 2.24) is 4.98 Å². The lowest BCUT2D eigenvalue weighted by Gasteiger charge is -1.94. The molecule has 0 amide bonds. The van der Waals surface area contributed by atoms with E-state index in [1.165, 1.54) is 18.5 Å². The number of rotatable bonds is 4. The van der Waals surface area contributed by atoms with E-state index in [-0.39, 0.29) is 5.03 Å². The Kier molecular flexibility index (Phi) is 4.20. The fourth-order valence-corrected chi connectivity index (χ4v) is 2.17. The Morgan fingerprint density at radius 1 is 1.00 bits per heavy atom. The molecule has 96 valence electrons. The van der Waals surface area contributed by atoms with Gasteiger partial charge in [0.2, 0.25) is 0 Å². The molecule has 1 aromatic heterocycles. The molecule has 0 aliphatic rings. The number of aromatic nitrogens is 1. The summed E-state index contributed by atoms with van der Waals surface area (Å²) in [7, 11) is -3.71. The van der Waals surface area contributed by atoms with Gasteiger partial charge in [-0.05, 0) is 23.8 Å². The van der Waals surface area contributed by atoms with Gasteiger partial charge in [0.1, 0.15) is 0 Å². The Balaban J connectivity index is 2.09. The van der Waals surface area contributed by atoms with Gasteiger partial charge in [-0.1, -0.05) is 42.5 Å². The minimum Gasteiger partial charge on any atom is -0.243 e. The number of hydrogen-bond acceptors (Lipinski definition) is 3. The van der Waals surface area contributed by atoms with Crippen molar-refractivity contribution in [3.63, 3.8) is 0 Å². The Bertz CT molecular complexity index is 678. The zero-order valence-electron chi connectivity index (χ0n) is 10.0. The fraction of sp³-hybridized carbons (Fsp3) is 0. The van der Waals surface area contributed by atoms with Crippen LogP contribution in [0.5, 0.6) is 0 Å². The molecule has 0 bridgehead atoms. The average molecular weight is 272 g/mol. The average Bonchev–Trinajstić information content (AvgIpc) is 2.46. The van der Waals surface area contributed by atoms with Crippen molar-refractivity contribution in [2.24, 2.45) is 4.40 Å². The highest BCUT2D eigenvalue weighted by Gasteiger charge is 2.11. The lowest BCUT2D eigenvalue weighted by atomic mass is 10.2. The summed E-state index contributed by atoms with van der Waals surface area (Å²) in [5, 5.41) is -0.0561. The zero-order valence-corrected chi connectivity index (χ0v) is 10.9. The predicted octanol–water partition coefficient (Wildman–Crippen LogP) is 2.55. The standard InChI is InChI=1S/C14H12N2O2S/c17-19(18,14-10-4-5-11-15-14)16-12-6-9-13-7-2-1-3-8-13/h1-12H/b9-6+,16-12+. The van der Waals surface area contributed by atoms with Gasteiger partial charge < -0.3 is 0 Å². The molecule has 0 saturated carbocycles. The molecule has 0 N–H and O–H groups in total. The van der Waals surface area contributed by atoms with Crippen LogP contribution in [0.3, 0.4) is 0 Å². The van der Waals surface area contributed by atoms with E-state index in [1.54, 1.807) is 24.3 Å². The molecule has 2 rings (SSSR count). The predicted molar refractivity (Wildman–Crippen MR) is 75.4 cm³/mol. The molecule has 0 saturated heterocycles. The van der Waals surface area contributed by atoms with Crippen molar-refractivity contribution in [3.8, 4) is 0 Å². The van der Waals surface area contributed by atoms with E-state index in [4.69, 9.17) is 0 Å². The molecule has 0 fully saturated rings. The van der Waals surface area contributed by atoms with E-state index < -0.39 is 10.0 Å². The van der Waals surface area contributed by atoms with Crippen molar-refractivity contribution in [2.75, 3.05) is 0 Å². The molecule has 19 heavy (non-hydrogen) atoms. The van der Waals surface area contributed by atoms with Gasteiger partial charge in [-0.15, -0.1) is 0 Å². The van der Waals surface area contributed by atoms with E-state index in [9.17, 15) is 8.42 Å². The molecule has 4 nitrogen and oxygen atoms in total. The topological polar surface area (TPSA) is 59.4 Å². The quantitative estimate of drug-likeness (QED) is 0.804. The van der Waals surface area contributed by atoms with Crippen molar-refractivity contribution < 1.29 is 8.42 Å². The molecule has 0 aliphatic heterocycles. The molecular formula is C14H12N2O2S. The van der Waals surface area contributed by atoms with Crippen molar-refractivity contribution in [3.05, 3.63) is 66.4 Å². The van der Waals surface area contributed by atoms with E-state index in [0.29, 0.717) is 0 Å². The molecule has 0 spiro atoms. The first-order valence-electron chi connectivity index (χ1n) is 5.61. The first kappa shape index (κ1) is 13.2. The van der Waals surface area contributed by atoms with Crippen LogP contribution in [0.1, 0.15) is 5.56 Å². The summed E-state index contributed by atoms with van der Waals surface area (Å²) in [6.45, 7) is 0. The zero-order chi connectivity index (χ0) is 13.6. The third-order valence-corrected chi connectivity index (χ3v) is 3.45. The summed E-state index contributed by atoms with van der Waals surface area (Å²) < 4.78 is 27.0. The number of pyridine rings is 1. The second kappa shape index (κ2) is 6.06. The highest BCUT2D eigenvalue weighted by molar-refractivity contribution is 7.90. The largest absolute Gasteiger partial charge is 0.299 e. The monoisotopic (exact) mass is 272 g/mol. The summed E-state index contributed by atoms with van der Waals surface area (Å²) in [4.78, 5) is 3.76. The Labute approximate surface area is 112 Å². The molecule has 0 unspecified atom stereocenters. The maximum absolute atomic E-state index is 11.7. The summed E-state index contributed by atoms with van der Waals surface area (Å²) >= 11 is 0. The Morgan fingerprint density at radius 3 is 2.42 bits per heavy atom. The molecule has 2 aromatic rings. The van der Waals surface area contributed by atoms with Gasteiger partial charge in [0.15, 0.2) is 5.03 Å². The maximum atomic E-state index is 11.7. The van der Waals surface area contributed by atoms with Crippen LogP contribution >= 0.6 is 0 Å². The summed E-state index contributed by atoms with van der Waals surface area (Å²) in [5.74, 6) is 0.